The van der Waals surface area contributed by atoms with E-state index in [9.17, 15) is 9.59 Å². The van der Waals surface area contributed by atoms with Crippen molar-refractivity contribution in [3.05, 3.63) is 71.8 Å². The van der Waals surface area contributed by atoms with Gasteiger partial charge < -0.3 is 10.1 Å². The maximum Gasteiger partial charge on any atom is 0.309 e. The van der Waals surface area contributed by atoms with E-state index in [1.165, 1.54) is 11.1 Å². The predicted molar refractivity (Wildman–Crippen MR) is 101 cm³/mol. The number of nitrogens with one attached hydrogen (secondary N) is 1. The fraction of sp³-hybridized carbons (Fsp3) is 0.364. The van der Waals surface area contributed by atoms with E-state index < -0.39 is 0 Å². The van der Waals surface area contributed by atoms with Gasteiger partial charge in [0.25, 0.3) is 5.91 Å². The molecular weight excluding hydrogens is 326 g/mol. The highest BCUT2D eigenvalue weighted by Gasteiger charge is 2.40. The lowest BCUT2D eigenvalue weighted by molar-refractivity contribution is -0.150. The molecule has 1 fully saturated rings. The summed E-state index contributed by atoms with van der Waals surface area (Å²) in [7, 11) is 0. The van der Waals surface area contributed by atoms with Crippen LogP contribution in [0.4, 0.5) is 0 Å². The minimum Gasteiger partial charge on any atom is -0.455 e. The number of hydrogen-bond donors (Lipinski definition) is 1. The largest absolute Gasteiger partial charge is 0.455 e. The number of carbonyl (C=O) groups is 2. The van der Waals surface area contributed by atoms with Crippen LogP contribution in [0.25, 0.3) is 0 Å². The van der Waals surface area contributed by atoms with E-state index in [4.69, 9.17) is 4.74 Å². The smallest absolute Gasteiger partial charge is 0.309 e. The molecule has 0 heterocycles. The molecule has 0 bridgehead atoms. The molecule has 2 aromatic carbocycles. The summed E-state index contributed by atoms with van der Waals surface area (Å²) in [4.78, 5) is 23.6. The summed E-state index contributed by atoms with van der Waals surface area (Å²) < 4.78 is 5.07. The molecule has 1 aliphatic rings. The number of hydrogen-bond acceptors (Lipinski definition) is 3. The number of amides is 1. The van der Waals surface area contributed by atoms with Crippen molar-refractivity contribution in [3.63, 3.8) is 0 Å². The summed E-state index contributed by atoms with van der Waals surface area (Å²) in [5.41, 5.74) is 2.45. The van der Waals surface area contributed by atoms with Gasteiger partial charge in [-0.1, -0.05) is 67.6 Å². The van der Waals surface area contributed by atoms with Crippen LogP contribution in [-0.2, 0) is 14.3 Å². The Kier molecular flexibility index (Phi) is 6.05. The maximum atomic E-state index is 11.9. The van der Waals surface area contributed by atoms with Crippen LogP contribution in [0.1, 0.15) is 36.8 Å². The molecule has 2 aromatic rings. The quantitative estimate of drug-likeness (QED) is 0.740. The molecule has 2 atom stereocenters. The number of esters is 1. The van der Waals surface area contributed by atoms with Gasteiger partial charge in [0.1, 0.15) is 0 Å². The second-order valence-electron chi connectivity index (χ2n) is 6.94. The average Bonchev–Trinajstić information content (AvgIpc) is 3.41. The molecular formula is C22H25NO3. The van der Waals surface area contributed by atoms with Crippen molar-refractivity contribution in [3.8, 4) is 0 Å². The Morgan fingerprint density at radius 2 is 1.58 bits per heavy atom. The molecule has 136 valence electrons. The van der Waals surface area contributed by atoms with Crippen molar-refractivity contribution in [1.29, 1.82) is 0 Å². The topological polar surface area (TPSA) is 55.4 Å². The normalized spacial score (nSPS) is 18.4. The van der Waals surface area contributed by atoms with Crippen molar-refractivity contribution in [2.45, 2.75) is 25.7 Å². The van der Waals surface area contributed by atoms with E-state index in [1.807, 2.05) is 43.3 Å². The second kappa shape index (κ2) is 8.65. The summed E-state index contributed by atoms with van der Waals surface area (Å²) in [6, 6.07) is 20.6. The molecule has 0 unspecified atom stereocenters. The Hall–Kier alpha value is -2.62. The van der Waals surface area contributed by atoms with Crippen LogP contribution >= 0.6 is 0 Å². The van der Waals surface area contributed by atoms with Crippen LogP contribution in [0, 0.1) is 11.8 Å². The van der Waals surface area contributed by atoms with Gasteiger partial charge in [-0.3, -0.25) is 9.59 Å². The lowest BCUT2D eigenvalue weighted by atomic mass is 9.88. The molecule has 4 heteroatoms. The van der Waals surface area contributed by atoms with E-state index in [2.05, 4.69) is 29.6 Å². The van der Waals surface area contributed by atoms with Crippen molar-refractivity contribution >= 4 is 11.9 Å². The minimum atomic E-state index is -0.251. The van der Waals surface area contributed by atoms with Crippen LogP contribution in [0.15, 0.2) is 60.7 Å². The lowest BCUT2D eigenvalue weighted by Crippen LogP contribution is -2.30. The summed E-state index contributed by atoms with van der Waals surface area (Å²) >= 11 is 0. The molecule has 1 saturated carbocycles. The molecule has 0 saturated heterocycles. The molecule has 26 heavy (non-hydrogen) atoms. The Labute approximate surface area is 154 Å². The Balaban J connectivity index is 1.50. The van der Waals surface area contributed by atoms with Crippen molar-refractivity contribution < 1.29 is 14.3 Å². The molecule has 0 spiro atoms. The number of benzene rings is 2. The molecule has 1 aliphatic carbocycles. The summed E-state index contributed by atoms with van der Waals surface area (Å²) in [5.74, 6) is 0.101. The standard InChI is InChI=1S/C22H25NO3/c1-16-14-20(16)22(25)26-15-21(24)23-13-12-19(17-8-4-2-5-9-17)18-10-6-3-7-11-18/h2-11,16,19-20H,12-15H2,1H3,(H,23,24)/t16-,20+/m1/s1. The maximum absolute atomic E-state index is 11.9. The first-order chi connectivity index (χ1) is 12.6. The van der Waals surface area contributed by atoms with Gasteiger partial charge in [0, 0.05) is 12.5 Å². The van der Waals surface area contributed by atoms with E-state index in [0.29, 0.717) is 12.5 Å². The van der Waals surface area contributed by atoms with E-state index >= 15 is 0 Å². The summed E-state index contributed by atoms with van der Waals surface area (Å²) in [6.07, 6.45) is 1.66. The van der Waals surface area contributed by atoms with Crippen LogP contribution in [-0.4, -0.2) is 25.0 Å². The molecule has 0 aliphatic heterocycles. The molecule has 3 rings (SSSR count). The zero-order valence-electron chi connectivity index (χ0n) is 15.1. The molecule has 1 N–H and O–H groups in total. The van der Waals surface area contributed by atoms with Crippen LogP contribution in [0.2, 0.25) is 0 Å². The second-order valence-corrected chi connectivity index (χ2v) is 6.94. The molecule has 0 aromatic heterocycles. The van der Waals surface area contributed by atoms with Crippen LogP contribution in [0.5, 0.6) is 0 Å². The van der Waals surface area contributed by atoms with Crippen molar-refractivity contribution in [1.82, 2.24) is 5.32 Å². The Morgan fingerprint density at radius 1 is 1.04 bits per heavy atom. The van der Waals surface area contributed by atoms with E-state index in [0.717, 1.165) is 12.8 Å². The van der Waals surface area contributed by atoms with E-state index in [-0.39, 0.29) is 30.3 Å². The summed E-state index contributed by atoms with van der Waals surface area (Å²) in [6.45, 7) is 2.35. The molecule has 1 amide bonds. The monoisotopic (exact) mass is 351 g/mol. The molecule has 0 radical (unpaired) electrons. The lowest BCUT2D eigenvalue weighted by Gasteiger charge is -2.18. The van der Waals surface area contributed by atoms with Gasteiger partial charge in [-0.2, -0.15) is 0 Å². The van der Waals surface area contributed by atoms with Gasteiger partial charge in [-0.15, -0.1) is 0 Å². The SMILES string of the molecule is C[C@@H]1C[C@@H]1C(=O)OCC(=O)NCCC(c1ccccc1)c1ccccc1. The third kappa shape index (κ3) is 4.94. The van der Waals surface area contributed by atoms with Gasteiger partial charge in [0.05, 0.1) is 5.92 Å². The fourth-order valence-electron chi connectivity index (χ4n) is 3.20. The van der Waals surface area contributed by atoms with Crippen molar-refractivity contribution in [2.24, 2.45) is 11.8 Å². The highest BCUT2D eigenvalue weighted by molar-refractivity contribution is 5.82. The zero-order valence-corrected chi connectivity index (χ0v) is 15.1. The van der Waals surface area contributed by atoms with Gasteiger partial charge in [0.15, 0.2) is 6.61 Å². The minimum absolute atomic E-state index is 0.0108. The first kappa shape index (κ1) is 18.2. The zero-order chi connectivity index (χ0) is 18.4. The molecule has 4 nitrogen and oxygen atoms in total. The number of ether oxygens (including phenoxy) is 1. The predicted octanol–water partition coefficient (Wildman–Crippen LogP) is 3.52. The van der Waals surface area contributed by atoms with Crippen LogP contribution < -0.4 is 5.32 Å². The summed E-state index contributed by atoms with van der Waals surface area (Å²) in [5, 5.41) is 2.86. The van der Waals surface area contributed by atoms with Gasteiger partial charge in [0.2, 0.25) is 0 Å². The van der Waals surface area contributed by atoms with Crippen LogP contribution in [0.3, 0.4) is 0 Å². The van der Waals surface area contributed by atoms with Crippen molar-refractivity contribution in [2.75, 3.05) is 13.2 Å². The van der Waals surface area contributed by atoms with Gasteiger partial charge >= 0.3 is 5.97 Å². The first-order valence-corrected chi connectivity index (χ1v) is 9.18. The highest BCUT2D eigenvalue weighted by Crippen LogP contribution is 2.38. The fourth-order valence-corrected chi connectivity index (χ4v) is 3.20. The Morgan fingerprint density at radius 3 is 2.08 bits per heavy atom. The first-order valence-electron chi connectivity index (χ1n) is 9.18. The van der Waals surface area contributed by atoms with Gasteiger partial charge in [-0.05, 0) is 29.9 Å². The highest BCUT2D eigenvalue weighted by atomic mass is 16.5. The van der Waals surface area contributed by atoms with Gasteiger partial charge in [-0.25, -0.2) is 0 Å². The number of carbonyl (C=O) groups excluding carboxylic acids is 2. The third-order valence-electron chi connectivity index (χ3n) is 4.92. The Bertz CT molecular complexity index is 690. The average molecular weight is 351 g/mol. The number of rotatable bonds is 8. The van der Waals surface area contributed by atoms with E-state index in [1.54, 1.807) is 0 Å². The third-order valence-corrected chi connectivity index (χ3v) is 4.92.